The van der Waals surface area contributed by atoms with Crippen LogP contribution < -0.4 is 10.6 Å². The molecule has 1 aliphatic carbocycles. The maximum atomic E-state index is 11.7. The highest BCUT2D eigenvalue weighted by Gasteiger charge is 2.21. The Bertz CT molecular complexity index is 311. The molecule has 0 aliphatic heterocycles. The van der Waals surface area contributed by atoms with Crippen LogP contribution in [-0.2, 0) is 14.4 Å². The van der Waals surface area contributed by atoms with Crippen molar-refractivity contribution in [3.63, 3.8) is 0 Å². The van der Waals surface area contributed by atoms with Crippen molar-refractivity contribution in [3.05, 3.63) is 0 Å². The summed E-state index contributed by atoms with van der Waals surface area (Å²) in [5, 5.41) is 13.4. The number of carbonyl (C=O) groups is 3. The highest BCUT2D eigenvalue weighted by molar-refractivity contribution is 5.85. The summed E-state index contributed by atoms with van der Waals surface area (Å²) >= 11 is 0. The van der Waals surface area contributed by atoms with Gasteiger partial charge in [-0.25, -0.2) is 0 Å². The van der Waals surface area contributed by atoms with E-state index in [-0.39, 0.29) is 37.2 Å². The fraction of sp³-hybridized carbons (Fsp3) is 0.750. The van der Waals surface area contributed by atoms with E-state index in [2.05, 4.69) is 10.6 Å². The van der Waals surface area contributed by atoms with Crippen molar-refractivity contribution in [2.75, 3.05) is 13.1 Å². The predicted molar refractivity (Wildman–Crippen MR) is 64.8 cm³/mol. The van der Waals surface area contributed by atoms with E-state index < -0.39 is 5.97 Å². The Hall–Kier alpha value is -1.59. The lowest BCUT2D eigenvalue weighted by molar-refractivity contribution is -0.137. The van der Waals surface area contributed by atoms with E-state index in [0.717, 1.165) is 25.7 Å². The summed E-state index contributed by atoms with van der Waals surface area (Å²) in [5.74, 6) is -1.34. The minimum Gasteiger partial charge on any atom is -0.481 e. The van der Waals surface area contributed by atoms with Crippen LogP contribution in [0.5, 0.6) is 0 Å². The summed E-state index contributed by atoms with van der Waals surface area (Å²) in [6, 6.07) is 0. The minimum absolute atomic E-state index is 0.0329. The summed E-state index contributed by atoms with van der Waals surface area (Å²) in [7, 11) is 0. The summed E-state index contributed by atoms with van der Waals surface area (Å²) in [6.07, 6.45) is 5.01. The van der Waals surface area contributed by atoms with E-state index in [0.29, 0.717) is 0 Å². The molecule has 0 radical (unpaired) electrons. The first kappa shape index (κ1) is 14.5. The van der Waals surface area contributed by atoms with Crippen LogP contribution in [0.4, 0.5) is 0 Å². The van der Waals surface area contributed by atoms with Gasteiger partial charge in [-0.3, -0.25) is 14.4 Å². The second-order valence-corrected chi connectivity index (χ2v) is 4.55. The standard InChI is InChI=1S/C12H20N2O4/c15-10(13-7-6-11(16)17)8-14-12(18)9-4-2-1-3-5-9/h9H,1-8H2,(H,13,15)(H,14,18)(H,16,17). The second-order valence-electron chi connectivity index (χ2n) is 4.55. The van der Waals surface area contributed by atoms with Crippen LogP contribution in [0.3, 0.4) is 0 Å². The van der Waals surface area contributed by atoms with Crippen LogP contribution in [0, 0.1) is 5.92 Å². The number of carbonyl (C=O) groups excluding carboxylic acids is 2. The van der Waals surface area contributed by atoms with Gasteiger partial charge in [-0.1, -0.05) is 19.3 Å². The summed E-state index contributed by atoms with van der Waals surface area (Å²) < 4.78 is 0. The molecule has 0 bridgehead atoms. The number of rotatable bonds is 6. The van der Waals surface area contributed by atoms with E-state index in [9.17, 15) is 14.4 Å². The maximum Gasteiger partial charge on any atom is 0.305 e. The van der Waals surface area contributed by atoms with E-state index in [1.807, 2.05) is 0 Å². The van der Waals surface area contributed by atoms with Gasteiger partial charge in [-0.05, 0) is 12.8 Å². The Morgan fingerprint density at radius 1 is 1.06 bits per heavy atom. The van der Waals surface area contributed by atoms with Gasteiger partial charge in [0.2, 0.25) is 11.8 Å². The normalized spacial score (nSPS) is 16.0. The molecule has 1 aliphatic rings. The Balaban J connectivity index is 2.13. The van der Waals surface area contributed by atoms with Crippen molar-refractivity contribution in [2.45, 2.75) is 38.5 Å². The molecule has 0 aromatic heterocycles. The Kier molecular flexibility index (Phi) is 6.18. The highest BCUT2D eigenvalue weighted by Crippen LogP contribution is 2.23. The van der Waals surface area contributed by atoms with Gasteiger partial charge in [0, 0.05) is 12.5 Å². The molecule has 0 aromatic carbocycles. The second kappa shape index (κ2) is 7.68. The molecular weight excluding hydrogens is 236 g/mol. The first-order chi connectivity index (χ1) is 8.59. The third kappa shape index (κ3) is 5.65. The topological polar surface area (TPSA) is 95.5 Å². The highest BCUT2D eigenvalue weighted by atomic mass is 16.4. The van der Waals surface area contributed by atoms with Gasteiger partial charge >= 0.3 is 5.97 Å². The zero-order valence-electron chi connectivity index (χ0n) is 10.4. The monoisotopic (exact) mass is 256 g/mol. The zero-order valence-corrected chi connectivity index (χ0v) is 10.4. The van der Waals surface area contributed by atoms with Gasteiger partial charge in [0.05, 0.1) is 13.0 Å². The van der Waals surface area contributed by atoms with Crippen LogP contribution in [0.25, 0.3) is 0 Å². The minimum atomic E-state index is -0.957. The van der Waals surface area contributed by atoms with E-state index in [1.165, 1.54) is 6.42 Å². The molecule has 18 heavy (non-hydrogen) atoms. The van der Waals surface area contributed by atoms with Crippen molar-refractivity contribution < 1.29 is 19.5 Å². The Morgan fingerprint density at radius 3 is 2.33 bits per heavy atom. The molecule has 1 rings (SSSR count). The largest absolute Gasteiger partial charge is 0.481 e. The molecule has 1 saturated carbocycles. The lowest BCUT2D eigenvalue weighted by Crippen LogP contribution is -2.40. The number of carboxylic acid groups (broad SMARTS) is 1. The van der Waals surface area contributed by atoms with Crippen molar-refractivity contribution in [1.29, 1.82) is 0 Å². The Labute approximate surface area is 106 Å². The molecule has 102 valence electrons. The first-order valence-electron chi connectivity index (χ1n) is 6.36. The first-order valence-corrected chi connectivity index (χ1v) is 6.36. The van der Waals surface area contributed by atoms with E-state index >= 15 is 0 Å². The summed E-state index contributed by atoms with van der Waals surface area (Å²) in [4.78, 5) is 33.2. The van der Waals surface area contributed by atoms with Gasteiger partial charge in [0.1, 0.15) is 0 Å². The summed E-state index contributed by atoms with van der Waals surface area (Å²) in [5.41, 5.74) is 0. The number of aliphatic carboxylic acids is 1. The average Bonchev–Trinajstić information content (AvgIpc) is 2.36. The smallest absolute Gasteiger partial charge is 0.305 e. The molecule has 6 nitrogen and oxygen atoms in total. The molecule has 6 heteroatoms. The average molecular weight is 256 g/mol. The van der Waals surface area contributed by atoms with E-state index in [1.54, 1.807) is 0 Å². The molecule has 0 saturated heterocycles. The third-order valence-corrected chi connectivity index (χ3v) is 3.06. The van der Waals surface area contributed by atoms with Crippen LogP contribution in [0.15, 0.2) is 0 Å². The molecule has 1 fully saturated rings. The van der Waals surface area contributed by atoms with Crippen molar-refractivity contribution in [2.24, 2.45) is 5.92 Å². The Morgan fingerprint density at radius 2 is 1.72 bits per heavy atom. The number of hydrogen-bond donors (Lipinski definition) is 3. The third-order valence-electron chi connectivity index (χ3n) is 3.06. The number of nitrogens with one attached hydrogen (secondary N) is 2. The lowest BCUT2D eigenvalue weighted by Gasteiger charge is -2.20. The fourth-order valence-electron chi connectivity index (χ4n) is 2.05. The van der Waals surface area contributed by atoms with Crippen LogP contribution in [0.2, 0.25) is 0 Å². The molecule has 0 spiro atoms. The number of carboxylic acids is 1. The lowest BCUT2D eigenvalue weighted by atomic mass is 9.89. The van der Waals surface area contributed by atoms with Gasteiger partial charge < -0.3 is 15.7 Å². The maximum absolute atomic E-state index is 11.7. The SMILES string of the molecule is O=C(O)CCNC(=O)CNC(=O)C1CCCCC1. The molecule has 2 amide bonds. The van der Waals surface area contributed by atoms with E-state index in [4.69, 9.17) is 5.11 Å². The fourth-order valence-corrected chi connectivity index (χ4v) is 2.05. The van der Waals surface area contributed by atoms with Crippen molar-refractivity contribution in [3.8, 4) is 0 Å². The van der Waals surface area contributed by atoms with Crippen LogP contribution in [-0.4, -0.2) is 36.0 Å². The predicted octanol–water partition coefficient (Wildman–Crippen LogP) is 0.274. The molecule has 0 atom stereocenters. The van der Waals surface area contributed by atoms with Gasteiger partial charge in [0.15, 0.2) is 0 Å². The quantitative estimate of drug-likeness (QED) is 0.635. The molecular formula is C12H20N2O4. The molecule has 0 heterocycles. The van der Waals surface area contributed by atoms with Gasteiger partial charge in [0.25, 0.3) is 0 Å². The summed E-state index contributed by atoms with van der Waals surface area (Å²) in [6.45, 7) is 0.0163. The van der Waals surface area contributed by atoms with Gasteiger partial charge in [-0.15, -0.1) is 0 Å². The molecule has 3 N–H and O–H groups in total. The van der Waals surface area contributed by atoms with Gasteiger partial charge in [-0.2, -0.15) is 0 Å². The van der Waals surface area contributed by atoms with Crippen LogP contribution in [0.1, 0.15) is 38.5 Å². The number of hydrogen-bond acceptors (Lipinski definition) is 3. The zero-order chi connectivity index (χ0) is 13.4. The van der Waals surface area contributed by atoms with Crippen molar-refractivity contribution >= 4 is 17.8 Å². The van der Waals surface area contributed by atoms with Crippen LogP contribution >= 0.6 is 0 Å². The molecule has 0 aromatic rings. The number of amides is 2. The molecule has 0 unspecified atom stereocenters. The van der Waals surface area contributed by atoms with Crippen molar-refractivity contribution in [1.82, 2.24) is 10.6 Å².